The fourth-order valence-electron chi connectivity index (χ4n) is 1.81. The van der Waals surface area contributed by atoms with Gasteiger partial charge in [-0.05, 0) is 32.4 Å². The van der Waals surface area contributed by atoms with Crippen LogP contribution in [0.25, 0.3) is 0 Å². The molecule has 98 valence electrons. The van der Waals surface area contributed by atoms with Gasteiger partial charge in [0.2, 0.25) is 0 Å². The van der Waals surface area contributed by atoms with Gasteiger partial charge in [-0.1, -0.05) is 24.3 Å². The first kappa shape index (κ1) is 14.3. The number of nitrogens with zero attached hydrogens (tertiary/aromatic N) is 1. The maximum absolute atomic E-state index is 11.3. The monoisotopic (exact) mass is 247 g/mol. The van der Waals surface area contributed by atoms with Crippen LogP contribution in [0.4, 0.5) is 5.69 Å². The number of hydrogen-bond donors (Lipinski definition) is 0. The highest BCUT2D eigenvalue weighted by molar-refractivity contribution is 5.87. The van der Waals surface area contributed by atoms with Crippen molar-refractivity contribution in [1.29, 1.82) is 0 Å². The lowest BCUT2D eigenvalue weighted by atomic mass is 10.1. The summed E-state index contributed by atoms with van der Waals surface area (Å²) in [6, 6.07) is 8.25. The topological polar surface area (TPSA) is 29.5 Å². The van der Waals surface area contributed by atoms with Gasteiger partial charge in [-0.15, -0.1) is 0 Å². The van der Waals surface area contributed by atoms with Crippen LogP contribution in [0.2, 0.25) is 0 Å². The van der Waals surface area contributed by atoms with Crippen LogP contribution in [0, 0.1) is 6.92 Å². The number of anilines is 1. The molecule has 0 saturated heterocycles. The zero-order valence-electron chi connectivity index (χ0n) is 11.6. The number of ether oxygens (including phenoxy) is 1. The number of benzene rings is 1. The Balaban J connectivity index is 2.81. The van der Waals surface area contributed by atoms with Crippen LogP contribution in [-0.4, -0.2) is 26.2 Å². The second-order valence-corrected chi connectivity index (χ2v) is 4.20. The van der Waals surface area contributed by atoms with Gasteiger partial charge in [0.15, 0.2) is 0 Å². The number of likely N-dealkylation sites (N-methyl/N-ethyl adjacent to an activating group) is 1. The quantitative estimate of drug-likeness (QED) is 0.592. The molecule has 18 heavy (non-hydrogen) atoms. The van der Waals surface area contributed by atoms with Crippen molar-refractivity contribution in [3.8, 4) is 0 Å². The van der Waals surface area contributed by atoms with Crippen LogP contribution >= 0.6 is 0 Å². The molecule has 3 nitrogen and oxygen atoms in total. The van der Waals surface area contributed by atoms with Gasteiger partial charge in [-0.25, -0.2) is 4.79 Å². The van der Waals surface area contributed by atoms with Gasteiger partial charge in [0.25, 0.3) is 0 Å². The molecular formula is C15H21NO2. The summed E-state index contributed by atoms with van der Waals surface area (Å²) in [5.74, 6) is -0.268. The van der Waals surface area contributed by atoms with Crippen molar-refractivity contribution >= 4 is 11.7 Å². The van der Waals surface area contributed by atoms with E-state index in [2.05, 4.69) is 35.6 Å². The fourth-order valence-corrected chi connectivity index (χ4v) is 1.81. The highest BCUT2D eigenvalue weighted by Gasteiger charge is 2.07. The lowest BCUT2D eigenvalue weighted by Crippen LogP contribution is -2.24. The smallest absolute Gasteiger partial charge is 0.333 e. The molecule has 0 radical (unpaired) electrons. The number of rotatable bonds is 5. The number of aryl methyl sites for hydroxylation is 1. The summed E-state index contributed by atoms with van der Waals surface area (Å²) in [6.07, 6.45) is 1.90. The third kappa shape index (κ3) is 3.62. The molecule has 0 aromatic heterocycles. The van der Waals surface area contributed by atoms with Crippen LogP contribution in [0.15, 0.2) is 35.9 Å². The van der Waals surface area contributed by atoms with Gasteiger partial charge in [-0.2, -0.15) is 0 Å². The van der Waals surface area contributed by atoms with Gasteiger partial charge < -0.3 is 9.64 Å². The Hall–Kier alpha value is -1.77. The average Bonchev–Trinajstić information content (AvgIpc) is 2.40. The molecule has 1 rings (SSSR count). The van der Waals surface area contributed by atoms with E-state index in [4.69, 9.17) is 0 Å². The van der Waals surface area contributed by atoms with Crippen molar-refractivity contribution in [1.82, 2.24) is 0 Å². The first-order valence-corrected chi connectivity index (χ1v) is 6.15. The first-order valence-electron chi connectivity index (χ1n) is 6.15. The number of carbonyl (C=O) groups excluding carboxylic acids is 1. The molecule has 0 saturated carbocycles. The standard InChI is InChI=1S/C15H21NO2/c1-5-16(11-10-13(3)15(17)18-4)14-9-7-6-8-12(14)2/h6-10H,5,11H2,1-4H3. The van der Waals surface area contributed by atoms with Gasteiger partial charge in [-0.3, -0.25) is 0 Å². The van der Waals surface area contributed by atoms with Crippen LogP contribution in [-0.2, 0) is 9.53 Å². The van der Waals surface area contributed by atoms with Crippen molar-refractivity contribution in [3.63, 3.8) is 0 Å². The fraction of sp³-hybridized carbons (Fsp3) is 0.400. The zero-order chi connectivity index (χ0) is 13.5. The van der Waals surface area contributed by atoms with E-state index in [-0.39, 0.29) is 5.97 Å². The molecule has 0 fully saturated rings. The Kier molecular flexibility index (Phi) is 5.43. The Labute approximate surface area is 109 Å². The molecule has 0 amide bonds. The molecule has 0 aliphatic heterocycles. The second kappa shape index (κ2) is 6.84. The van der Waals surface area contributed by atoms with Crippen LogP contribution < -0.4 is 4.90 Å². The van der Waals surface area contributed by atoms with Crippen molar-refractivity contribution in [3.05, 3.63) is 41.5 Å². The maximum Gasteiger partial charge on any atom is 0.333 e. The van der Waals surface area contributed by atoms with Crippen molar-refractivity contribution < 1.29 is 9.53 Å². The van der Waals surface area contributed by atoms with E-state index >= 15 is 0 Å². The average molecular weight is 247 g/mol. The molecule has 0 bridgehead atoms. The first-order chi connectivity index (χ1) is 8.60. The lowest BCUT2D eigenvalue weighted by molar-refractivity contribution is -0.136. The maximum atomic E-state index is 11.3. The summed E-state index contributed by atoms with van der Waals surface area (Å²) >= 11 is 0. The van der Waals surface area contributed by atoms with E-state index in [9.17, 15) is 4.79 Å². The van der Waals surface area contributed by atoms with Crippen LogP contribution in [0.5, 0.6) is 0 Å². The Morgan fingerprint density at radius 2 is 2.06 bits per heavy atom. The number of methoxy groups -OCH3 is 1. The normalized spacial score (nSPS) is 11.2. The highest BCUT2D eigenvalue weighted by atomic mass is 16.5. The molecule has 1 aromatic rings. The Morgan fingerprint density at radius 1 is 1.39 bits per heavy atom. The molecule has 3 heteroatoms. The molecule has 0 spiro atoms. The molecule has 0 aliphatic carbocycles. The minimum atomic E-state index is -0.268. The number of para-hydroxylation sites is 1. The van der Waals surface area contributed by atoms with Crippen molar-refractivity contribution in [2.45, 2.75) is 20.8 Å². The number of esters is 1. The van der Waals surface area contributed by atoms with E-state index in [1.165, 1.54) is 18.4 Å². The van der Waals surface area contributed by atoms with E-state index in [1.54, 1.807) is 6.92 Å². The summed E-state index contributed by atoms with van der Waals surface area (Å²) in [5.41, 5.74) is 3.09. The third-order valence-corrected chi connectivity index (χ3v) is 2.96. The third-order valence-electron chi connectivity index (χ3n) is 2.96. The molecule has 1 aromatic carbocycles. The van der Waals surface area contributed by atoms with Gasteiger partial charge in [0.1, 0.15) is 0 Å². The highest BCUT2D eigenvalue weighted by Crippen LogP contribution is 2.19. The minimum absolute atomic E-state index is 0.268. The lowest BCUT2D eigenvalue weighted by Gasteiger charge is -2.23. The van der Waals surface area contributed by atoms with E-state index < -0.39 is 0 Å². The van der Waals surface area contributed by atoms with Crippen LogP contribution in [0.3, 0.4) is 0 Å². The Morgan fingerprint density at radius 3 is 2.61 bits per heavy atom. The summed E-state index contributed by atoms with van der Waals surface area (Å²) in [7, 11) is 1.40. The predicted molar refractivity (Wildman–Crippen MR) is 74.8 cm³/mol. The van der Waals surface area contributed by atoms with Crippen molar-refractivity contribution in [2.24, 2.45) is 0 Å². The van der Waals surface area contributed by atoms with E-state index in [0.717, 1.165) is 6.54 Å². The second-order valence-electron chi connectivity index (χ2n) is 4.20. The molecular weight excluding hydrogens is 226 g/mol. The predicted octanol–water partition coefficient (Wildman–Crippen LogP) is 2.94. The van der Waals surface area contributed by atoms with Gasteiger partial charge in [0.05, 0.1) is 7.11 Å². The van der Waals surface area contributed by atoms with Gasteiger partial charge >= 0.3 is 5.97 Å². The number of carbonyl (C=O) groups is 1. The van der Waals surface area contributed by atoms with Crippen molar-refractivity contribution in [2.75, 3.05) is 25.1 Å². The summed E-state index contributed by atoms with van der Waals surface area (Å²) < 4.78 is 4.68. The number of hydrogen-bond acceptors (Lipinski definition) is 3. The summed E-state index contributed by atoms with van der Waals surface area (Å²) in [6.45, 7) is 7.58. The summed E-state index contributed by atoms with van der Waals surface area (Å²) in [4.78, 5) is 13.5. The van der Waals surface area contributed by atoms with Gasteiger partial charge in [0, 0.05) is 24.4 Å². The molecule has 0 atom stereocenters. The zero-order valence-corrected chi connectivity index (χ0v) is 11.6. The van der Waals surface area contributed by atoms with E-state index in [1.807, 2.05) is 18.2 Å². The largest absolute Gasteiger partial charge is 0.466 e. The Bertz CT molecular complexity index is 438. The molecule has 0 heterocycles. The minimum Gasteiger partial charge on any atom is -0.466 e. The van der Waals surface area contributed by atoms with Crippen LogP contribution in [0.1, 0.15) is 19.4 Å². The molecule has 0 N–H and O–H groups in total. The van der Waals surface area contributed by atoms with E-state index in [0.29, 0.717) is 12.1 Å². The SMILES string of the molecule is CCN(CC=C(C)C(=O)OC)c1ccccc1C. The molecule has 0 unspecified atom stereocenters. The summed E-state index contributed by atoms with van der Waals surface area (Å²) in [5, 5.41) is 0. The molecule has 0 aliphatic rings.